The predicted octanol–water partition coefficient (Wildman–Crippen LogP) is 6.10. The standard InChI is InChI=1S/C15H24N2O3.C14H21NO4.C13H19NO4/c1-5-17-15(18)11-8-13(19-6-2)12(10-16-4)14(9-11)20-7-3;1-5-17-11-8-10(14(16)15-4)9-12(18-6-2)13(11)19-7-3;1-4-17-11-6-9(13(15)16)7-12(18-5-2)10(11)8-14-3/h8-9,16H,5-7,10H2,1-4H3,(H,17,18);8-9H,5-7H2,1-4H3,(H,15,16);6-7,14H,4-5,8H2,1-3H3,(H,15,16). The van der Waals surface area contributed by atoms with Crippen molar-refractivity contribution in [2.45, 2.75) is 68.5 Å². The number of carboxylic acid groups (broad SMARTS) is 1. The molecule has 0 aliphatic carbocycles. The van der Waals surface area contributed by atoms with Gasteiger partial charge in [0.2, 0.25) is 5.75 Å². The molecule has 15 nitrogen and oxygen atoms in total. The molecule has 3 aromatic carbocycles. The van der Waals surface area contributed by atoms with E-state index in [0.717, 1.165) is 11.1 Å². The van der Waals surface area contributed by atoms with Gasteiger partial charge in [0, 0.05) is 48.9 Å². The van der Waals surface area contributed by atoms with E-state index in [0.29, 0.717) is 117 Å². The van der Waals surface area contributed by atoms with Crippen LogP contribution in [-0.2, 0) is 13.1 Å². The minimum absolute atomic E-state index is 0.120. The van der Waals surface area contributed by atoms with Crippen LogP contribution in [0.2, 0.25) is 0 Å². The molecule has 57 heavy (non-hydrogen) atoms. The number of carbonyl (C=O) groups excluding carboxylic acids is 2. The summed E-state index contributed by atoms with van der Waals surface area (Å²) >= 11 is 0. The lowest BCUT2D eigenvalue weighted by molar-refractivity contribution is 0.0695. The van der Waals surface area contributed by atoms with Crippen LogP contribution in [-0.4, -0.2) is 96.8 Å². The van der Waals surface area contributed by atoms with Gasteiger partial charge in [-0.1, -0.05) is 0 Å². The van der Waals surface area contributed by atoms with Gasteiger partial charge in [-0.15, -0.1) is 0 Å². The van der Waals surface area contributed by atoms with Gasteiger partial charge in [0.25, 0.3) is 11.8 Å². The average Bonchev–Trinajstić information content (AvgIpc) is 3.19. The molecule has 0 unspecified atom stereocenters. The minimum atomic E-state index is -0.993. The lowest BCUT2D eigenvalue weighted by Gasteiger charge is -2.17. The molecule has 0 bridgehead atoms. The first-order chi connectivity index (χ1) is 27.5. The van der Waals surface area contributed by atoms with Crippen LogP contribution in [0.4, 0.5) is 0 Å². The SMILES string of the molecule is CCNC(=O)c1cc(OCC)c(CNC)c(OCC)c1.CCOc1cc(C(=O)NC)cc(OCC)c1OCC.CCOc1cc(C(=O)O)cc(OCC)c1CNC. The van der Waals surface area contributed by atoms with Crippen LogP contribution in [0.15, 0.2) is 36.4 Å². The highest BCUT2D eigenvalue weighted by Crippen LogP contribution is 2.39. The molecule has 0 saturated carbocycles. The number of amides is 2. The normalized spacial score (nSPS) is 10.1. The van der Waals surface area contributed by atoms with Crippen LogP contribution in [0, 0.1) is 0 Å². The Hall–Kier alpha value is -5.41. The monoisotopic (exact) mass is 800 g/mol. The lowest BCUT2D eigenvalue weighted by Crippen LogP contribution is -2.23. The smallest absolute Gasteiger partial charge is 0.335 e. The van der Waals surface area contributed by atoms with Crippen molar-refractivity contribution in [3.8, 4) is 40.2 Å². The van der Waals surface area contributed by atoms with E-state index in [1.165, 1.54) is 12.1 Å². The van der Waals surface area contributed by atoms with Crippen molar-refractivity contribution in [1.29, 1.82) is 0 Å². The number of nitrogens with one attached hydrogen (secondary N) is 4. The molecular weight excluding hydrogens is 736 g/mol. The van der Waals surface area contributed by atoms with Crippen LogP contribution in [0.1, 0.15) is 97.6 Å². The third-order valence-corrected chi connectivity index (χ3v) is 7.49. The summed E-state index contributed by atoms with van der Waals surface area (Å²) in [7, 11) is 5.26. The van der Waals surface area contributed by atoms with E-state index >= 15 is 0 Å². The van der Waals surface area contributed by atoms with Gasteiger partial charge in [-0.05, 0) is 106 Å². The summed E-state index contributed by atoms with van der Waals surface area (Å²) in [6, 6.07) is 9.92. The summed E-state index contributed by atoms with van der Waals surface area (Å²) in [4.78, 5) is 34.8. The largest absolute Gasteiger partial charge is 0.493 e. The molecule has 0 aromatic heterocycles. The van der Waals surface area contributed by atoms with Crippen LogP contribution in [0.5, 0.6) is 40.2 Å². The van der Waals surface area contributed by atoms with Crippen LogP contribution >= 0.6 is 0 Å². The number of carbonyl (C=O) groups is 3. The first kappa shape index (κ1) is 49.6. The third-order valence-electron chi connectivity index (χ3n) is 7.49. The molecule has 0 atom stereocenters. The Kier molecular flexibility index (Phi) is 24.4. The van der Waals surface area contributed by atoms with Crippen LogP contribution in [0.25, 0.3) is 0 Å². The zero-order valence-electron chi connectivity index (χ0n) is 35.6. The highest BCUT2D eigenvalue weighted by Gasteiger charge is 2.19. The molecule has 0 aliphatic rings. The number of hydrogen-bond acceptors (Lipinski definition) is 12. The van der Waals surface area contributed by atoms with Crippen LogP contribution < -0.4 is 54.4 Å². The molecule has 2 amide bonds. The molecule has 0 radical (unpaired) electrons. The maximum Gasteiger partial charge on any atom is 0.335 e. The highest BCUT2D eigenvalue weighted by atomic mass is 16.5. The van der Waals surface area contributed by atoms with Gasteiger partial charge in [0.15, 0.2) is 11.5 Å². The number of rotatable bonds is 22. The molecule has 3 aromatic rings. The Bertz CT molecular complexity index is 1600. The van der Waals surface area contributed by atoms with Gasteiger partial charge >= 0.3 is 5.97 Å². The number of ether oxygens (including phenoxy) is 7. The average molecular weight is 801 g/mol. The van der Waals surface area contributed by atoms with E-state index in [2.05, 4.69) is 21.3 Å². The molecule has 0 saturated heterocycles. The van der Waals surface area contributed by atoms with E-state index in [-0.39, 0.29) is 17.4 Å². The summed E-state index contributed by atoms with van der Waals surface area (Å²) in [5.74, 6) is 2.76. The van der Waals surface area contributed by atoms with Gasteiger partial charge in [-0.3, -0.25) is 9.59 Å². The zero-order chi connectivity index (χ0) is 42.8. The topological polar surface area (TPSA) is 184 Å². The molecule has 0 spiro atoms. The van der Waals surface area contributed by atoms with E-state index in [9.17, 15) is 14.4 Å². The Balaban J connectivity index is 0.000000428. The molecule has 0 heterocycles. The van der Waals surface area contributed by atoms with Crippen molar-refractivity contribution in [3.05, 3.63) is 64.2 Å². The second-order valence-electron chi connectivity index (χ2n) is 11.5. The number of hydrogen-bond donors (Lipinski definition) is 5. The quantitative estimate of drug-likeness (QED) is 0.0787. The zero-order valence-corrected chi connectivity index (χ0v) is 35.6. The Labute approximate surface area is 338 Å². The van der Waals surface area contributed by atoms with Crippen molar-refractivity contribution >= 4 is 17.8 Å². The first-order valence-electron chi connectivity index (χ1n) is 19.4. The van der Waals surface area contributed by atoms with Gasteiger partial charge in [-0.2, -0.15) is 0 Å². The van der Waals surface area contributed by atoms with Gasteiger partial charge in [0.05, 0.1) is 51.8 Å². The molecule has 5 N–H and O–H groups in total. The Morgan fingerprint density at radius 3 is 1.09 bits per heavy atom. The number of aromatic carboxylic acids is 1. The summed E-state index contributed by atoms with van der Waals surface area (Å²) in [6.45, 7) is 20.4. The maximum absolute atomic E-state index is 12.0. The van der Waals surface area contributed by atoms with Crippen molar-refractivity contribution in [2.75, 3.05) is 73.9 Å². The van der Waals surface area contributed by atoms with Gasteiger partial charge < -0.3 is 59.5 Å². The minimum Gasteiger partial charge on any atom is -0.493 e. The number of benzene rings is 3. The molecule has 0 aliphatic heterocycles. The summed E-state index contributed by atoms with van der Waals surface area (Å²) < 4.78 is 38.9. The van der Waals surface area contributed by atoms with Crippen molar-refractivity contribution in [2.24, 2.45) is 0 Å². The molecular formula is C42H64N4O11. The molecule has 0 fully saturated rings. The predicted molar refractivity (Wildman–Crippen MR) is 221 cm³/mol. The molecule has 3 rings (SSSR count). The summed E-state index contributed by atoms with van der Waals surface area (Å²) in [5.41, 5.74) is 2.98. The lowest BCUT2D eigenvalue weighted by atomic mass is 10.1. The van der Waals surface area contributed by atoms with E-state index < -0.39 is 5.97 Å². The second kappa shape index (κ2) is 28.1. The fourth-order valence-electron chi connectivity index (χ4n) is 5.26. The van der Waals surface area contributed by atoms with Crippen molar-refractivity contribution < 1.29 is 52.6 Å². The van der Waals surface area contributed by atoms with Gasteiger partial charge in [0.1, 0.15) is 23.0 Å². The van der Waals surface area contributed by atoms with Crippen LogP contribution in [0.3, 0.4) is 0 Å². The first-order valence-corrected chi connectivity index (χ1v) is 19.4. The van der Waals surface area contributed by atoms with Crippen molar-refractivity contribution in [1.82, 2.24) is 21.3 Å². The molecule has 318 valence electrons. The number of carboxylic acids is 1. The summed E-state index contributed by atoms with van der Waals surface area (Å²) in [6.07, 6.45) is 0. The second-order valence-corrected chi connectivity index (χ2v) is 11.5. The summed E-state index contributed by atoms with van der Waals surface area (Å²) in [5, 5.41) is 20.5. The van der Waals surface area contributed by atoms with E-state index in [4.69, 9.17) is 38.3 Å². The fraction of sp³-hybridized carbons (Fsp3) is 0.500. The third kappa shape index (κ3) is 15.9. The fourth-order valence-corrected chi connectivity index (χ4v) is 5.26. The molecule has 15 heteroatoms. The highest BCUT2D eigenvalue weighted by molar-refractivity contribution is 5.96. The van der Waals surface area contributed by atoms with Crippen molar-refractivity contribution in [3.63, 3.8) is 0 Å². The van der Waals surface area contributed by atoms with E-state index in [1.807, 2.05) is 69.5 Å². The van der Waals surface area contributed by atoms with Gasteiger partial charge in [-0.25, -0.2) is 4.79 Å². The maximum atomic E-state index is 12.0. The van der Waals surface area contributed by atoms with E-state index in [1.54, 1.807) is 31.3 Å². The Morgan fingerprint density at radius 2 is 0.789 bits per heavy atom. The Morgan fingerprint density at radius 1 is 0.474 bits per heavy atom.